The minimum absolute atomic E-state index is 0. The van der Waals surface area contributed by atoms with Crippen molar-refractivity contribution in [2.45, 2.75) is 51.5 Å². The summed E-state index contributed by atoms with van der Waals surface area (Å²) in [5.74, 6) is 0.915. The number of halogens is 1. The van der Waals surface area contributed by atoms with E-state index < -0.39 is 0 Å². The van der Waals surface area contributed by atoms with E-state index in [4.69, 9.17) is 0 Å². The van der Waals surface area contributed by atoms with Crippen molar-refractivity contribution in [3.05, 3.63) is 0 Å². The molecule has 1 saturated carbocycles. The molecule has 0 aliphatic heterocycles. The first-order valence-electron chi connectivity index (χ1n) is 8.46. The van der Waals surface area contributed by atoms with Crippen LogP contribution in [0.4, 0.5) is 0 Å². The van der Waals surface area contributed by atoms with Crippen molar-refractivity contribution in [2.24, 2.45) is 0 Å². The third-order valence-electron chi connectivity index (χ3n) is 4.03. The normalized spacial score (nSPS) is 14.9. The average Bonchev–Trinajstić information content (AvgIpc) is 2.54. The van der Waals surface area contributed by atoms with E-state index in [-0.39, 0.29) is 24.2 Å². The molecule has 23 heavy (non-hydrogen) atoms. The second-order valence-electron chi connectivity index (χ2n) is 5.89. The van der Waals surface area contributed by atoms with E-state index >= 15 is 0 Å². The van der Waals surface area contributed by atoms with Crippen LogP contribution in [-0.2, 0) is 9.59 Å². The van der Waals surface area contributed by atoms with Gasteiger partial charge in [-0.3, -0.25) is 9.59 Å². The van der Waals surface area contributed by atoms with Crippen molar-refractivity contribution >= 4 is 36.0 Å². The molecule has 1 aliphatic rings. The van der Waals surface area contributed by atoms with E-state index in [9.17, 15) is 9.59 Å². The summed E-state index contributed by atoms with van der Waals surface area (Å²) in [7, 11) is 1.90. The Kier molecular flexibility index (Phi) is 13.7. The van der Waals surface area contributed by atoms with Gasteiger partial charge in [-0.2, -0.15) is 0 Å². The molecule has 0 aromatic carbocycles. The number of carbonyl (C=O) groups excluding carboxylic acids is 2. The molecule has 2 N–H and O–H groups in total. The Hall–Kier alpha value is -0.460. The fraction of sp³-hybridized carbons (Fsp3) is 0.875. The van der Waals surface area contributed by atoms with Crippen LogP contribution in [0.2, 0.25) is 0 Å². The van der Waals surface area contributed by atoms with Crippen LogP contribution >= 0.6 is 24.2 Å². The van der Waals surface area contributed by atoms with E-state index in [1.807, 2.05) is 11.9 Å². The standard InChI is InChI=1S/C16H31N3O2S.ClH/c1-3-9-17-10-11-18-15(20)12-22-13-16(21)19(2)14-7-5-4-6-8-14;/h14,17H,3-13H2,1-2H3,(H,18,20);1H. The summed E-state index contributed by atoms with van der Waals surface area (Å²) >= 11 is 1.41. The number of thioether (sulfide) groups is 1. The molecular formula is C16H32ClN3O2S. The molecular weight excluding hydrogens is 334 g/mol. The maximum atomic E-state index is 12.1. The molecule has 0 bridgehead atoms. The minimum Gasteiger partial charge on any atom is -0.354 e. The molecule has 5 nitrogen and oxygen atoms in total. The fourth-order valence-electron chi connectivity index (χ4n) is 2.65. The number of carbonyl (C=O) groups is 2. The van der Waals surface area contributed by atoms with Crippen LogP contribution in [0.3, 0.4) is 0 Å². The Bertz CT molecular complexity index is 339. The van der Waals surface area contributed by atoms with E-state index in [1.165, 1.54) is 31.0 Å². The highest BCUT2D eigenvalue weighted by atomic mass is 35.5. The summed E-state index contributed by atoms with van der Waals surface area (Å²) in [6.07, 6.45) is 7.09. The SMILES string of the molecule is CCCNCCNC(=O)CSCC(=O)N(C)C1CCCCC1.Cl. The molecule has 136 valence electrons. The first kappa shape index (κ1) is 22.5. The van der Waals surface area contributed by atoms with Gasteiger partial charge in [-0.05, 0) is 25.8 Å². The van der Waals surface area contributed by atoms with Crippen molar-refractivity contribution in [2.75, 3.05) is 38.2 Å². The second-order valence-corrected chi connectivity index (χ2v) is 6.87. The summed E-state index contributed by atoms with van der Waals surface area (Å²) in [6.45, 7) is 4.54. The van der Waals surface area contributed by atoms with Gasteiger partial charge in [0, 0.05) is 26.2 Å². The van der Waals surface area contributed by atoms with Crippen LogP contribution < -0.4 is 10.6 Å². The fourth-order valence-corrected chi connectivity index (χ4v) is 3.42. The van der Waals surface area contributed by atoms with E-state index in [0.29, 0.717) is 24.1 Å². The van der Waals surface area contributed by atoms with Crippen molar-refractivity contribution in [1.29, 1.82) is 0 Å². The summed E-state index contributed by atoms with van der Waals surface area (Å²) in [5.41, 5.74) is 0. The van der Waals surface area contributed by atoms with Crippen molar-refractivity contribution in [3.8, 4) is 0 Å². The van der Waals surface area contributed by atoms with Gasteiger partial charge in [0.25, 0.3) is 0 Å². The molecule has 2 amide bonds. The van der Waals surface area contributed by atoms with Crippen molar-refractivity contribution in [1.82, 2.24) is 15.5 Å². The number of rotatable bonds is 10. The predicted octanol–water partition coefficient (Wildman–Crippen LogP) is 2.05. The zero-order valence-corrected chi connectivity index (χ0v) is 16.1. The van der Waals surface area contributed by atoms with Crippen LogP contribution in [0.25, 0.3) is 0 Å². The molecule has 1 fully saturated rings. The Morgan fingerprint density at radius 3 is 2.43 bits per heavy atom. The molecule has 1 aliphatic carbocycles. The lowest BCUT2D eigenvalue weighted by Crippen LogP contribution is -2.39. The summed E-state index contributed by atoms with van der Waals surface area (Å²) in [4.78, 5) is 25.7. The number of nitrogens with one attached hydrogen (secondary N) is 2. The zero-order valence-electron chi connectivity index (χ0n) is 14.4. The van der Waals surface area contributed by atoms with Gasteiger partial charge in [-0.1, -0.05) is 26.2 Å². The van der Waals surface area contributed by atoms with Gasteiger partial charge in [0.2, 0.25) is 11.8 Å². The molecule has 0 spiro atoms. The van der Waals surface area contributed by atoms with E-state index in [0.717, 1.165) is 32.4 Å². The van der Waals surface area contributed by atoms with Gasteiger partial charge in [0.05, 0.1) is 11.5 Å². The highest BCUT2D eigenvalue weighted by Crippen LogP contribution is 2.22. The molecule has 1 rings (SSSR count). The third kappa shape index (κ3) is 10.1. The van der Waals surface area contributed by atoms with E-state index in [2.05, 4.69) is 17.6 Å². The first-order chi connectivity index (χ1) is 10.6. The third-order valence-corrected chi connectivity index (χ3v) is 4.94. The molecule has 0 unspecified atom stereocenters. The predicted molar refractivity (Wildman–Crippen MR) is 100 cm³/mol. The monoisotopic (exact) mass is 365 g/mol. The molecule has 0 radical (unpaired) electrons. The van der Waals surface area contributed by atoms with Crippen LogP contribution in [-0.4, -0.2) is 60.9 Å². The van der Waals surface area contributed by atoms with Crippen molar-refractivity contribution in [3.63, 3.8) is 0 Å². The Balaban J connectivity index is 0.00000484. The smallest absolute Gasteiger partial charge is 0.232 e. The quantitative estimate of drug-likeness (QED) is 0.582. The van der Waals surface area contributed by atoms with Crippen LogP contribution in [0.15, 0.2) is 0 Å². The summed E-state index contributed by atoms with van der Waals surface area (Å²) in [5, 5.41) is 6.09. The van der Waals surface area contributed by atoms with Crippen molar-refractivity contribution < 1.29 is 9.59 Å². The lowest BCUT2D eigenvalue weighted by molar-refractivity contribution is -0.129. The molecule has 0 heterocycles. The Morgan fingerprint density at radius 1 is 1.09 bits per heavy atom. The summed E-state index contributed by atoms with van der Waals surface area (Å²) < 4.78 is 0. The second kappa shape index (κ2) is 13.9. The number of hydrogen-bond donors (Lipinski definition) is 2. The molecule has 0 atom stereocenters. The topological polar surface area (TPSA) is 61.4 Å². The molecule has 0 aromatic rings. The van der Waals surface area contributed by atoms with Gasteiger partial charge >= 0.3 is 0 Å². The Morgan fingerprint density at radius 2 is 1.78 bits per heavy atom. The highest BCUT2D eigenvalue weighted by molar-refractivity contribution is 8.00. The maximum Gasteiger partial charge on any atom is 0.232 e. The molecule has 0 saturated heterocycles. The summed E-state index contributed by atoms with van der Waals surface area (Å²) in [6, 6.07) is 0.403. The number of amides is 2. The first-order valence-corrected chi connectivity index (χ1v) is 9.61. The van der Waals surface area contributed by atoms with Gasteiger partial charge < -0.3 is 15.5 Å². The van der Waals surface area contributed by atoms with Gasteiger partial charge in [-0.25, -0.2) is 0 Å². The molecule has 7 heteroatoms. The highest BCUT2D eigenvalue weighted by Gasteiger charge is 2.21. The Labute approximate surface area is 151 Å². The van der Waals surface area contributed by atoms with E-state index in [1.54, 1.807) is 0 Å². The van der Waals surface area contributed by atoms with Crippen LogP contribution in [0, 0.1) is 0 Å². The van der Waals surface area contributed by atoms with Gasteiger partial charge in [0.15, 0.2) is 0 Å². The van der Waals surface area contributed by atoms with Crippen LogP contribution in [0.5, 0.6) is 0 Å². The lowest BCUT2D eigenvalue weighted by atomic mass is 9.94. The zero-order chi connectivity index (χ0) is 16.2. The maximum absolute atomic E-state index is 12.1. The van der Waals surface area contributed by atoms with Gasteiger partial charge in [-0.15, -0.1) is 24.2 Å². The van der Waals surface area contributed by atoms with Crippen LogP contribution in [0.1, 0.15) is 45.4 Å². The number of nitrogens with zero attached hydrogens (tertiary/aromatic N) is 1. The van der Waals surface area contributed by atoms with Gasteiger partial charge in [0.1, 0.15) is 0 Å². The molecule has 0 aromatic heterocycles. The largest absolute Gasteiger partial charge is 0.354 e. The average molecular weight is 366 g/mol. The lowest BCUT2D eigenvalue weighted by Gasteiger charge is -2.31. The number of hydrogen-bond acceptors (Lipinski definition) is 4. The minimum atomic E-state index is 0.